The number of carbonyl (C=O) groups excluding carboxylic acids is 1. The number of rotatable bonds is 5. The van der Waals surface area contributed by atoms with Crippen molar-refractivity contribution in [2.45, 2.75) is 37.2 Å². The highest BCUT2D eigenvalue weighted by Crippen LogP contribution is 2.44. The van der Waals surface area contributed by atoms with Crippen molar-refractivity contribution in [3.05, 3.63) is 30.1 Å². The number of ether oxygens (including phenoxy) is 1. The summed E-state index contributed by atoms with van der Waals surface area (Å²) >= 11 is 5.57. The summed E-state index contributed by atoms with van der Waals surface area (Å²) in [6, 6.07) is 3.95. The van der Waals surface area contributed by atoms with Gasteiger partial charge < -0.3 is 10.1 Å². The normalized spacial score (nSPS) is 24.3. The molecule has 23 heavy (non-hydrogen) atoms. The van der Waals surface area contributed by atoms with E-state index in [1.54, 1.807) is 18.1 Å². The van der Waals surface area contributed by atoms with E-state index in [2.05, 4.69) is 10.3 Å². The molecule has 1 aliphatic rings. The van der Waals surface area contributed by atoms with Crippen molar-refractivity contribution in [2.75, 3.05) is 27.7 Å². The average Bonchev–Trinajstić information content (AvgIpc) is 2.54. The van der Waals surface area contributed by atoms with Crippen LogP contribution in [0.5, 0.6) is 0 Å². The van der Waals surface area contributed by atoms with Crippen LogP contribution in [-0.2, 0) is 9.53 Å². The number of thiocarbonyl (C=S) groups is 1. The Bertz CT molecular complexity index is 550. The number of nitrogens with zero attached hydrogens (tertiary/aromatic N) is 2. The summed E-state index contributed by atoms with van der Waals surface area (Å²) in [4.78, 5) is 19.0. The number of nitrogens with one attached hydrogen (secondary N) is 1. The highest BCUT2D eigenvalue weighted by molar-refractivity contribution is 7.80. The largest absolute Gasteiger partial charge is 0.450 e. The molecule has 1 heterocycles. The third-order valence-corrected chi connectivity index (χ3v) is 4.84. The minimum absolute atomic E-state index is 0.0380. The summed E-state index contributed by atoms with van der Waals surface area (Å²) in [5, 5.41) is 3.05. The Morgan fingerprint density at radius 3 is 2.91 bits per heavy atom. The molecule has 6 heteroatoms. The van der Waals surface area contributed by atoms with Crippen LogP contribution in [0.4, 0.5) is 0 Å². The summed E-state index contributed by atoms with van der Waals surface area (Å²) in [6.07, 6.45) is 7.37. The van der Waals surface area contributed by atoms with Crippen LogP contribution in [0, 0.1) is 0 Å². The van der Waals surface area contributed by atoms with Gasteiger partial charge in [0.2, 0.25) is 0 Å². The highest BCUT2D eigenvalue weighted by Gasteiger charge is 2.48. The van der Waals surface area contributed by atoms with E-state index in [-0.39, 0.29) is 18.4 Å². The lowest BCUT2D eigenvalue weighted by molar-refractivity contribution is -0.158. The van der Waals surface area contributed by atoms with Gasteiger partial charge in [-0.3, -0.25) is 14.7 Å². The summed E-state index contributed by atoms with van der Waals surface area (Å²) in [5.41, 5.74) is 0.292. The van der Waals surface area contributed by atoms with Gasteiger partial charge in [0.1, 0.15) is 4.99 Å². The lowest BCUT2D eigenvalue weighted by Gasteiger charge is -2.43. The van der Waals surface area contributed by atoms with Crippen LogP contribution in [0.15, 0.2) is 24.5 Å². The van der Waals surface area contributed by atoms with Crippen molar-refractivity contribution < 1.29 is 9.53 Å². The molecule has 2 atom stereocenters. The van der Waals surface area contributed by atoms with Crippen molar-refractivity contribution in [3.63, 3.8) is 0 Å². The molecule has 2 rings (SSSR count). The molecule has 1 saturated carbocycles. The Morgan fingerprint density at radius 2 is 2.30 bits per heavy atom. The minimum atomic E-state index is -0.779. The van der Waals surface area contributed by atoms with E-state index < -0.39 is 5.60 Å². The zero-order chi connectivity index (χ0) is 16.9. The Morgan fingerprint density at radius 1 is 1.52 bits per heavy atom. The predicted octanol–water partition coefficient (Wildman–Crippen LogP) is 2.13. The van der Waals surface area contributed by atoms with E-state index in [1.807, 2.05) is 32.4 Å². The topological polar surface area (TPSA) is 54.5 Å². The van der Waals surface area contributed by atoms with Crippen LogP contribution in [-0.4, -0.2) is 54.1 Å². The molecular formula is C17H25N3O2S. The lowest BCUT2D eigenvalue weighted by Crippen LogP contribution is -2.54. The summed E-state index contributed by atoms with van der Waals surface area (Å²) < 4.78 is 6.00. The van der Waals surface area contributed by atoms with Gasteiger partial charge in [-0.1, -0.05) is 24.7 Å². The number of hydrogen-bond donors (Lipinski definition) is 1. The summed E-state index contributed by atoms with van der Waals surface area (Å²) in [6.45, 7) is 0.244. The maximum atomic E-state index is 12.4. The van der Waals surface area contributed by atoms with Gasteiger partial charge >= 0.3 is 5.97 Å². The highest BCUT2D eigenvalue weighted by atomic mass is 32.1. The van der Waals surface area contributed by atoms with E-state index in [0.717, 1.165) is 31.2 Å². The maximum Gasteiger partial charge on any atom is 0.321 e. The standard InChI is InChI=1S/C17H25N3O2S/c1-18-16(23)17(22-15(21)12-20(2)3)9-5-4-8-14(17)13-7-6-10-19-11-13/h6-7,10-11,14H,4-5,8-9,12H2,1-3H3,(H,18,23). The number of carbonyl (C=O) groups is 1. The first-order valence-electron chi connectivity index (χ1n) is 7.98. The first-order chi connectivity index (χ1) is 11.0. The van der Waals surface area contributed by atoms with Gasteiger partial charge in [-0.2, -0.15) is 0 Å². The van der Waals surface area contributed by atoms with Crippen LogP contribution in [0.25, 0.3) is 0 Å². The Labute approximate surface area is 143 Å². The molecule has 0 saturated heterocycles. The molecule has 126 valence electrons. The average molecular weight is 335 g/mol. The van der Waals surface area contributed by atoms with Gasteiger partial charge in [0.05, 0.1) is 6.54 Å². The van der Waals surface area contributed by atoms with Gasteiger partial charge in [0, 0.05) is 25.4 Å². The second kappa shape index (κ2) is 7.84. The fourth-order valence-corrected chi connectivity index (χ4v) is 3.59. The van der Waals surface area contributed by atoms with Crippen LogP contribution in [0.2, 0.25) is 0 Å². The minimum Gasteiger partial charge on any atom is -0.450 e. The molecule has 1 fully saturated rings. The Balaban J connectivity index is 2.36. The zero-order valence-corrected chi connectivity index (χ0v) is 14.9. The fraction of sp³-hybridized carbons (Fsp3) is 0.588. The molecule has 5 nitrogen and oxygen atoms in total. The van der Waals surface area contributed by atoms with Crippen molar-refractivity contribution >= 4 is 23.2 Å². The Hall–Kier alpha value is -1.53. The molecule has 0 radical (unpaired) electrons. The van der Waals surface area contributed by atoms with Crippen molar-refractivity contribution in [3.8, 4) is 0 Å². The molecule has 0 bridgehead atoms. The molecule has 0 amide bonds. The molecule has 1 aromatic rings. The Kier molecular flexibility index (Phi) is 6.07. The number of hydrogen-bond acceptors (Lipinski definition) is 5. The third-order valence-electron chi connectivity index (χ3n) is 4.29. The van der Waals surface area contributed by atoms with Crippen molar-refractivity contribution in [2.24, 2.45) is 0 Å². The van der Waals surface area contributed by atoms with E-state index >= 15 is 0 Å². The monoisotopic (exact) mass is 335 g/mol. The van der Waals surface area contributed by atoms with Gasteiger partial charge in [0.15, 0.2) is 5.60 Å². The number of pyridine rings is 1. The van der Waals surface area contributed by atoms with Crippen LogP contribution in [0.1, 0.15) is 37.2 Å². The summed E-state index contributed by atoms with van der Waals surface area (Å²) in [5.74, 6) is -0.209. The quantitative estimate of drug-likeness (QED) is 0.657. The zero-order valence-electron chi connectivity index (χ0n) is 14.0. The smallest absolute Gasteiger partial charge is 0.321 e. The van der Waals surface area contributed by atoms with Gasteiger partial charge in [-0.05, 0) is 45.0 Å². The molecule has 1 aromatic heterocycles. The molecular weight excluding hydrogens is 310 g/mol. The van der Waals surface area contributed by atoms with Crippen LogP contribution in [0.3, 0.4) is 0 Å². The first-order valence-corrected chi connectivity index (χ1v) is 8.39. The molecule has 0 aromatic carbocycles. The predicted molar refractivity (Wildman–Crippen MR) is 94.5 cm³/mol. The summed E-state index contributed by atoms with van der Waals surface area (Å²) in [7, 11) is 5.49. The molecule has 0 aliphatic heterocycles. The van der Waals surface area contributed by atoms with Gasteiger partial charge in [-0.15, -0.1) is 0 Å². The molecule has 2 unspecified atom stereocenters. The molecule has 1 aliphatic carbocycles. The number of esters is 1. The second-order valence-electron chi connectivity index (χ2n) is 6.27. The van der Waals surface area contributed by atoms with Gasteiger partial charge in [0.25, 0.3) is 0 Å². The third kappa shape index (κ3) is 4.06. The molecule has 1 N–H and O–H groups in total. The number of aromatic nitrogens is 1. The van der Waals surface area contributed by atoms with Crippen molar-refractivity contribution in [1.82, 2.24) is 15.2 Å². The maximum absolute atomic E-state index is 12.4. The lowest BCUT2D eigenvalue weighted by atomic mass is 9.72. The van der Waals surface area contributed by atoms with E-state index in [1.165, 1.54) is 0 Å². The van der Waals surface area contributed by atoms with Gasteiger partial charge in [-0.25, -0.2) is 0 Å². The van der Waals surface area contributed by atoms with E-state index in [0.29, 0.717) is 4.99 Å². The second-order valence-corrected chi connectivity index (χ2v) is 6.67. The SMILES string of the molecule is CNC(=S)C1(OC(=O)CN(C)C)CCCCC1c1cccnc1. The first kappa shape index (κ1) is 17.8. The van der Waals surface area contributed by atoms with E-state index in [9.17, 15) is 4.79 Å². The fourth-order valence-electron chi connectivity index (χ4n) is 3.31. The molecule has 0 spiro atoms. The van der Waals surface area contributed by atoms with Crippen molar-refractivity contribution in [1.29, 1.82) is 0 Å². The van der Waals surface area contributed by atoms with Crippen LogP contribution >= 0.6 is 12.2 Å². The number of likely N-dealkylation sites (N-methyl/N-ethyl adjacent to an activating group) is 2. The van der Waals surface area contributed by atoms with Crippen LogP contribution < -0.4 is 5.32 Å². The van der Waals surface area contributed by atoms with E-state index in [4.69, 9.17) is 17.0 Å².